The zero-order valence-electron chi connectivity index (χ0n) is 13.1. The standard InChI is InChI=1S/C15H24N6/c1-4-16-13-11-21-9-7-17-14(21)15(18-13)20-8-5-6-12(10-20)19(2)3/h7,9,11-12,16H,4-6,8,10H2,1-3H3. The van der Waals surface area contributed by atoms with Crippen molar-refractivity contribution < 1.29 is 0 Å². The molecule has 6 heteroatoms. The molecule has 3 heterocycles. The molecule has 1 aliphatic rings. The van der Waals surface area contributed by atoms with Crippen molar-refractivity contribution in [2.45, 2.75) is 25.8 Å². The lowest BCUT2D eigenvalue weighted by molar-refractivity contribution is 0.257. The Bertz CT molecular complexity index is 605. The Hall–Kier alpha value is -1.82. The van der Waals surface area contributed by atoms with Crippen LogP contribution in [0.3, 0.4) is 0 Å². The normalized spacial score (nSPS) is 19.4. The molecule has 2 aromatic heterocycles. The van der Waals surface area contributed by atoms with Gasteiger partial charge in [-0.1, -0.05) is 0 Å². The predicted octanol–water partition coefficient (Wildman–Crippen LogP) is 1.69. The highest BCUT2D eigenvalue weighted by molar-refractivity contribution is 5.67. The number of piperidine rings is 1. The minimum absolute atomic E-state index is 0.582. The molecule has 1 aliphatic heterocycles. The van der Waals surface area contributed by atoms with Crippen LogP contribution in [0.25, 0.3) is 5.65 Å². The topological polar surface area (TPSA) is 48.7 Å². The van der Waals surface area contributed by atoms with Gasteiger partial charge in [0, 0.05) is 38.1 Å². The average molecular weight is 288 g/mol. The van der Waals surface area contributed by atoms with Crippen LogP contribution in [0.4, 0.5) is 11.6 Å². The largest absolute Gasteiger partial charge is 0.369 e. The van der Waals surface area contributed by atoms with Crippen LogP contribution in [0.2, 0.25) is 0 Å². The fraction of sp³-hybridized carbons (Fsp3) is 0.600. The number of nitrogens with zero attached hydrogens (tertiary/aromatic N) is 5. The molecule has 0 saturated carbocycles. The van der Waals surface area contributed by atoms with E-state index in [0.29, 0.717) is 6.04 Å². The second-order valence-corrected chi connectivity index (χ2v) is 5.84. The van der Waals surface area contributed by atoms with Crippen molar-refractivity contribution in [3.63, 3.8) is 0 Å². The van der Waals surface area contributed by atoms with E-state index >= 15 is 0 Å². The number of rotatable bonds is 4. The number of hydrogen-bond acceptors (Lipinski definition) is 5. The first-order chi connectivity index (χ1) is 10.2. The molecule has 1 atom stereocenters. The summed E-state index contributed by atoms with van der Waals surface area (Å²) in [5.41, 5.74) is 0.941. The highest BCUT2D eigenvalue weighted by Gasteiger charge is 2.24. The van der Waals surface area contributed by atoms with Gasteiger partial charge in [0.15, 0.2) is 11.5 Å². The van der Waals surface area contributed by atoms with Crippen molar-refractivity contribution in [1.82, 2.24) is 19.3 Å². The van der Waals surface area contributed by atoms with Gasteiger partial charge in [0.1, 0.15) is 5.82 Å². The third kappa shape index (κ3) is 2.81. The summed E-state index contributed by atoms with van der Waals surface area (Å²) in [7, 11) is 4.31. The highest BCUT2D eigenvalue weighted by Crippen LogP contribution is 2.25. The Morgan fingerprint density at radius 3 is 3.05 bits per heavy atom. The molecule has 21 heavy (non-hydrogen) atoms. The van der Waals surface area contributed by atoms with E-state index in [0.717, 1.165) is 36.9 Å². The van der Waals surface area contributed by atoms with Crippen LogP contribution in [0, 0.1) is 0 Å². The molecule has 0 aliphatic carbocycles. The van der Waals surface area contributed by atoms with Crippen LogP contribution in [0.5, 0.6) is 0 Å². The zero-order chi connectivity index (χ0) is 14.8. The summed E-state index contributed by atoms with van der Waals surface area (Å²) in [6.07, 6.45) is 8.27. The minimum atomic E-state index is 0.582. The molecule has 1 N–H and O–H groups in total. The summed E-state index contributed by atoms with van der Waals surface area (Å²) >= 11 is 0. The Balaban J connectivity index is 1.96. The third-order valence-corrected chi connectivity index (χ3v) is 4.14. The highest BCUT2D eigenvalue weighted by atomic mass is 15.3. The molecule has 0 amide bonds. The summed E-state index contributed by atoms with van der Waals surface area (Å²) in [5, 5.41) is 3.31. The van der Waals surface area contributed by atoms with E-state index in [2.05, 4.69) is 45.5 Å². The van der Waals surface area contributed by atoms with Crippen molar-refractivity contribution in [3.8, 4) is 0 Å². The number of imidazole rings is 1. The molecule has 6 nitrogen and oxygen atoms in total. The SMILES string of the molecule is CCNc1cn2ccnc2c(N2CCCC(N(C)C)C2)n1. The Morgan fingerprint density at radius 1 is 1.43 bits per heavy atom. The maximum Gasteiger partial charge on any atom is 0.180 e. The molecule has 0 aromatic carbocycles. The first-order valence-electron chi connectivity index (χ1n) is 7.68. The van der Waals surface area contributed by atoms with E-state index in [1.54, 1.807) is 0 Å². The molecule has 2 aromatic rings. The second kappa shape index (κ2) is 5.89. The second-order valence-electron chi connectivity index (χ2n) is 5.84. The van der Waals surface area contributed by atoms with Gasteiger partial charge in [-0.15, -0.1) is 0 Å². The van der Waals surface area contributed by atoms with Gasteiger partial charge in [-0.3, -0.25) is 0 Å². The Labute approximate surface area is 125 Å². The molecule has 1 unspecified atom stereocenters. The lowest BCUT2D eigenvalue weighted by atomic mass is 10.1. The van der Waals surface area contributed by atoms with E-state index in [1.165, 1.54) is 12.8 Å². The number of likely N-dealkylation sites (N-methyl/N-ethyl adjacent to an activating group) is 1. The van der Waals surface area contributed by atoms with Gasteiger partial charge in [-0.25, -0.2) is 9.97 Å². The fourth-order valence-corrected chi connectivity index (χ4v) is 2.96. The summed E-state index contributed by atoms with van der Waals surface area (Å²) in [6, 6.07) is 0.582. The molecule has 0 spiro atoms. The van der Waals surface area contributed by atoms with Gasteiger partial charge in [0.25, 0.3) is 0 Å². The van der Waals surface area contributed by atoms with Crippen molar-refractivity contribution in [2.24, 2.45) is 0 Å². The van der Waals surface area contributed by atoms with Crippen molar-refractivity contribution >= 4 is 17.3 Å². The van der Waals surface area contributed by atoms with Crippen LogP contribution in [0.1, 0.15) is 19.8 Å². The van der Waals surface area contributed by atoms with Crippen molar-refractivity contribution in [3.05, 3.63) is 18.6 Å². The van der Waals surface area contributed by atoms with Crippen LogP contribution < -0.4 is 10.2 Å². The van der Waals surface area contributed by atoms with Crippen LogP contribution in [-0.2, 0) is 0 Å². The zero-order valence-corrected chi connectivity index (χ0v) is 13.1. The van der Waals surface area contributed by atoms with Gasteiger partial charge in [-0.05, 0) is 33.9 Å². The number of fused-ring (bicyclic) bond motifs is 1. The van der Waals surface area contributed by atoms with E-state index in [-0.39, 0.29) is 0 Å². The number of anilines is 2. The average Bonchev–Trinajstić information content (AvgIpc) is 2.95. The van der Waals surface area contributed by atoms with Gasteiger partial charge in [-0.2, -0.15) is 0 Å². The van der Waals surface area contributed by atoms with Gasteiger partial charge in [0.2, 0.25) is 0 Å². The Kier molecular flexibility index (Phi) is 3.96. The lowest BCUT2D eigenvalue weighted by Crippen LogP contribution is -2.45. The van der Waals surface area contributed by atoms with E-state index in [1.807, 2.05) is 18.6 Å². The molecule has 1 saturated heterocycles. The van der Waals surface area contributed by atoms with Gasteiger partial charge >= 0.3 is 0 Å². The van der Waals surface area contributed by atoms with Gasteiger partial charge in [0.05, 0.1) is 6.20 Å². The molecule has 1 fully saturated rings. The number of nitrogens with one attached hydrogen (secondary N) is 1. The molecular weight excluding hydrogens is 264 g/mol. The first kappa shape index (κ1) is 14.1. The molecule has 0 bridgehead atoms. The lowest BCUT2D eigenvalue weighted by Gasteiger charge is -2.36. The summed E-state index contributed by atoms with van der Waals surface area (Å²) in [4.78, 5) is 14.0. The first-order valence-corrected chi connectivity index (χ1v) is 7.68. The fourth-order valence-electron chi connectivity index (χ4n) is 2.96. The molecule has 0 radical (unpaired) electrons. The summed E-state index contributed by atoms with van der Waals surface area (Å²) < 4.78 is 2.06. The molecule has 114 valence electrons. The van der Waals surface area contributed by atoms with E-state index < -0.39 is 0 Å². The van der Waals surface area contributed by atoms with Gasteiger partial charge < -0.3 is 19.5 Å². The van der Waals surface area contributed by atoms with Crippen LogP contribution >= 0.6 is 0 Å². The summed E-state index contributed by atoms with van der Waals surface area (Å²) in [6.45, 7) is 5.02. The predicted molar refractivity (Wildman–Crippen MR) is 86.1 cm³/mol. The molecule has 3 rings (SSSR count). The monoisotopic (exact) mass is 288 g/mol. The number of aromatic nitrogens is 3. The van der Waals surface area contributed by atoms with Crippen molar-refractivity contribution in [1.29, 1.82) is 0 Å². The maximum absolute atomic E-state index is 4.79. The van der Waals surface area contributed by atoms with E-state index in [4.69, 9.17) is 4.98 Å². The maximum atomic E-state index is 4.79. The van der Waals surface area contributed by atoms with Crippen LogP contribution in [0.15, 0.2) is 18.6 Å². The Morgan fingerprint density at radius 2 is 2.29 bits per heavy atom. The third-order valence-electron chi connectivity index (χ3n) is 4.14. The van der Waals surface area contributed by atoms with E-state index in [9.17, 15) is 0 Å². The van der Waals surface area contributed by atoms with Crippen molar-refractivity contribution in [2.75, 3.05) is 43.9 Å². The minimum Gasteiger partial charge on any atom is -0.369 e. The quantitative estimate of drug-likeness (QED) is 0.928. The smallest absolute Gasteiger partial charge is 0.180 e. The number of hydrogen-bond donors (Lipinski definition) is 1. The summed E-state index contributed by atoms with van der Waals surface area (Å²) in [5.74, 6) is 1.90. The molecular formula is C15H24N6. The van der Waals surface area contributed by atoms with Crippen LogP contribution in [-0.4, -0.2) is 59.0 Å².